The molecule has 0 radical (unpaired) electrons. The van der Waals surface area contributed by atoms with Gasteiger partial charge in [-0.05, 0) is 18.9 Å². The number of hydrogen-bond donors (Lipinski definition) is 4. The van der Waals surface area contributed by atoms with Gasteiger partial charge in [0.15, 0.2) is 0 Å². The molecule has 0 aromatic heterocycles. The fourth-order valence-electron chi connectivity index (χ4n) is 2.10. The summed E-state index contributed by atoms with van der Waals surface area (Å²) in [5.41, 5.74) is 0.738. The van der Waals surface area contributed by atoms with E-state index in [2.05, 4.69) is 5.32 Å². The minimum absolute atomic E-state index is 0.0223. The lowest BCUT2D eigenvalue weighted by atomic mass is 10.1. The second-order valence-electron chi connectivity index (χ2n) is 5.79. The van der Waals surface area contributed by atoms with E-state index in [4.69, 9.17) is 14.9 Å². The van der Waals surface area contributed by atoms with Crippen LogP contribution in [0.4, 0.5) is 4.79 Å². The third-order valence-corrected chi connectivity index (χ3v) is 5.99. The maximum absolute atomic E-state index is 12.4. The van der Waals surface area contributed by atoms with E-state index in [1.807, 2.05) is 0 Å². The largest absolute Gasteiger partial charge is 0.481 e. The Morgan fingerprint density at radius 2 is 1.81 bits per heavy atom. The number of benzene rings is 1. The Kier molecular flexibility index (Phi) is 8.28. The summed E-state index contributed by atoms with van der Waals surface area (Å²) in [5.74, 6) is -5.09. The fraction of sp³-hybridized carbons (Fsp3) is 0.438. The molecule has 26 heavy (non-hydrogen) atoms. The molecule has 0 heterocycles. The SMILES string of the molecule is C[C@@H](NC(=O)OCc1ccccc1)P(=O)(O)C[C@H](CCC(=O)O)C(=O)O. The molecule has 1 amide bonds. The van der Waals surface area contributed by atoms with Gasteiger partial charge in [0.2, 0.25) is 7.37 Å². The first-order valence-corrected chi connectivity index (χ1v) is 9.76. The quantitative estimate of drug-likeness (QED) is 0.446. The number of carboxylic acids is 2. The summed E-state index contributed by atoms with van der Waals surface area (Å²) in [5, 5.41) is 19.9. The molecule has 10 heteroatoms. The smallest absolute Gasteiger partial charge is 0.408 e. The van der Waals surface area contributed by atoms with Crippen molar-refractivity contribution in [1.82, 2.24) is 5.32 Å². The number of carbonyl (C=O) groups excluding carboxylic acids is 1. The highest BCUT2D eigenvalue weighted by atomic mass is 31.2. The van der Waals surface area contributed by atoms with Crippen molar-refractivity contribution in [3.05, 3.63) is 35.9 Å². The van der Waals surface area contributed by atoms with E-state index in [9.17, 15) is 23.8 Å². The minimum atomic E-state index is -4.09. The molecule has 0 saturated heterocycles. The van der Waals surface area contributed by atoms with Crippen molar-refractivity contribution in [3.63, 3.8) is 0 Å². The Morgan fingerprint density at radius 1 is 1.19 bits per heavy atom. The summed E-state index contributed by atoms with van der Waals surface area (Å²) in [6, 6.07) is 8.83. The lowest BCUT2D eigenvalue weighted by Gasteiger charge is -2.23. The second-order valence-corrected chi connectivity index (χ2v) is 8.44. The predicted octanol–water partition coefficient (Wildman–Crippen LogP) is 2.09. The van der Waals surface area contributed by atoms with Crippen LogP contribution in [0.25, 0.3) is 0 Å². The zero-order chi connectivity index (χ0) is 19.7. The van der Waals surface area contributed by atoms with Crippen LogP contribution >= 0.6 is 7.37 Å². The van der Waals surface area contributed by atoms with E-state index in [0.717, 1.165) is 5.56 Å². The molecule has 1 aromatic rings. The molecule has 4 N–H and O–H groups in total. The Balaban J connectivity index is 2.57. The highest BCUT2D eigenvalue weighted by Crippen LogP contribution is 2.47. The van der Waals surface area contributed by atoms with Crippen LogP contribution in [0.3, 0.4) is 0 Å². The summed E-state index contributed by atoms with van der Waals surface area (Å²) in [4.78, 5) is 43.5. The normalized spacial score (nSPS) is 15.3. The van der Waals surface area contributed by atoms with Gasteiger partial charge in [0.1, 0.15) is 12.4 Å². The standard InChI is InChI=1S/C16H22NO8P/c1-11(17-16(22)25-9-12-5-3-2-4-6-12)26(23,24)10-13(15(20)21)7-8-14(18)19/h2-6,11,13H,7-10H2,1H3,(H,17,22)(H,18,19)(H,20,21)(H,23,24)/t11-,13-/m0/s1. The van der Waals surface area contributed by atoms with Gasteiger partial charge >= 0.3 is 18.0 Å². The van der Waals surface area contributed by atoms with Crippen molar-refractivity contribution in [2.75, 3.05) is 6.16 Å². The number of amides is 1. The topological polar surface area (TPSA) is 150 Å². The Bertz CT molecular complexity index is 678. The lowest BCUT2D eigenvalue weighted by molar-refractivity contribution is -0.142. The molecule has 0 aliphatic rings. The third-order valence-electron chi connectivity index (χ3n) is 3.68. The number of ether oxygens (including phenoxy) is 1. The maximum Gasteiger partial charge on any atom is 0.408 e. The Hall–Kier alpha value is -2.38. The van der Waals surface area contributed by atoms with Gasteiger partial charge in [0.05, 0.1) is 5.92 Å². The molecule has 0 aliphatic carbocycles. The summed E-state index contributed by atoms with van der Waals surface area (Å²) in [6.45, 7) is 1.24. The van der Waals surface area contributed by atoms with Crippen LogP contribution in [-0.4, -0.2) is 45.1 Å². The van der Waals surface area contributed by atoms with Crippen molar-refractivity contribution in [2.45, 2.75) is 32.2 Å². The van der Waals surface area contributed by atoms with Crippen molar-refractivity contribution >= 4 is 25.4 Å². The molecule has 3 atom stereocenters. The van der Waals surface area contributed by atoms with Gasteiger partial charge in [0, 0.05) is 12.6 Å². The fourth-order valence-corrected chi connectivity index (χ4v) is 3.69. The van der Waals surface area contributed by atoms with Gasteiger partial charge in [-0.1, -0.05) is 30.3 Å². The zero-order valence-corrected chi connectivity index (χ0v) is 15.1. The maximum atomic E-state index is 12.4. The summed E-state index contributed by atoms with van der Waals surface area (Å²) >= 11 is 0. The van der Waals surface area contributed by atoms with E-state index in [0.29, 0.717) is 0 Å². The van der Waals surface area contributed by atoms with Crippen LogP contribution in [0.15, 0.2) is 30.3 Å². The van der Waals surface area contributed by atoms with Crippen molar-refractivity contribution in [3.8, 4) is 0 Å². The predicted molar refractivity (Wildman–Crippen MR) is 91.9 cm³/mol. The second kappa shape index (κ2) is 9.94. The number of alkyl carbamates (subject to hydrolysis) is 1. The monoisotopic (exact) mass is 387 g/mol. The van der Waals surface area contributed by atoms with Gasteiger partial charge in [-0.15, -0.1) is 0 Å². The minimum Gasteiger partial charge on any atom is -0.481 e. The average molecular weight is 387 g/mol. The van der Waals surface area contributed by atoms with Crippen LogP contribution in [0.1, 0.15) is 25.3 Å². The summed E-state index contributed by atoms with van der Waals surface area (Å²) < 4.78 is 17.3. The van der Waals surface area contributed by atoms with E-state index in [1.165, 1.54) is 6.92 Å². The van der Waals surface area contributed by atoms with Crippen molar-refractivity contribution in [2.24, 2.45) is 5.92 Å². The highest BCUT2D eigenvalue weighted by Gasteiger charge is 2.35. The molecule has 0 bridgehead atoms. The van der Waals surface area contributed by atoms with Gasteiger partial charge in [0.25, 0.3) is 0 Å². The Labute approximate surface area is 150 Å². The number of nitrogens with one attached hydrogen (secondary N) is 1. The van der Waals surface area contributed by atoms with E-state index < -0.39 is 49.7 Å². The molecule has 0 aliphatic heterocycles. The molecule has 0 spiro atoms. The van der Waals surface area contributed by atoms with Crippen molar-refractivity contribution < 1.29 is 38.8 Å². The molecule has 0 fully saturated rings. The van der Waals surface area contributed by atoms with Crippen LogP contribution in [0.2, 0.25) is 0 Å². The molecule has 1 unspecified atom stereocenters. The molecule has 0 saturated carbocycles. The average Bonchev–Trinajstić information content (AvgIpc) is 2.57. The number of carbonyl (C=O) groups is 3. The zero-order valence-electron chi connectivity index (χ0n) is 14.2. The summed E-state index contributed by atoms with van der Waals surface area (Å²) in [7, 11) is -4.09. The van der Waals surface area contributed by atoms with Crippen LogP contribution in [-0.2, 0) is 25.5 Å². The van der Waals surface area contributed by atoms with E-state index >= 15 is 0 Å². The molecule has 1 rings (SSSR count). The van der Waals surface area contributed by atoms with E-state index in [1.54, 1.807) is 30.3 Å². The number of rotatable bonds is 10. The van der Waals surface area contributed by atoms with Crippen molar-refractivity contribution in [1.29, 1.82) is 0 Å². The van der Waals surface area contributed by atoms with Gasteiger partial charge < -0.3 is 25.2 Å². The van der Waals surface area contributed by atoms with Crippen LogP contribution < -0.4 is 5.32 Å². The number of carboxylic acid groups (broad SMARTS) is 2. The number of aliphatic carboxylic acids is 2. The Morgan fingerprint density at radius 3 is 2.35 bits per heavy atom. The van der Waals surface area contributed by atoms with Gasteiger partial charge in [-0.2, -0.15) is 0 Å². The molecular weight excluding hydrogens is 365 g/mol. The van der Waals surface area contributed by atoms with Gasteiger partial charge in [-0.25, -0.2) is 4.79 Å². The van der Waals surface area contributed by atoms with Crippen LogP contribution in [0.5, 0.6) is 0 Å². The van der Waals surface area contributed by atoms with Gasteiger partial charge in [-0.3, -0.25) is 14.2 Å². The summed E-state index contributed by atoms with van der Waals surface area (Å²) in [6.07, 6.45) is -2.26. The lowest BCUT2D eigenvalue weighted by Crippen LogP contribution is -2.35. The molecule has 1 aromatic carbocycles. The first-order valence-electron chi connectivity index (χ1n) is 7.85. The number of hydrogen-bond acceptors (Lipinski definition) is 5. The van der Waals surface area contributed by atoms with Crippen LogP contribution in [0, 0.1) is 5.92 Å². The first-order chi connectivity index (χ1) is 12.1. The van der Waals surface area contributed by atoms with E-state index in [-0.39, 0.29) is 13.0 Å². The first kappa shape index (κ1) is 21.7. The third kappa shape index (κ3) is 7.67. The molecular formula is C16H22NO8P. The molecule has 9 nitrogen and oxygen atoms in total. The highest BCUT2D eigenvalue weighted by molar-refractivity contribution is 7.58. The molecule has 144 valence electrons.